The number of carbonyl (C=O) groups excluding carboxylic acids is 2. The first kappa shape index (κ1) is 64.3. The van der Waals surface area contributed by atoms with Crippen LogP contribution in [0.25, 0.3) is 0 Å². The first-order valence-electron chi connectivity index (χ1n) is 28.7. The van der Waals surface area contributed by atoms with Gasteiger partial charge in [-0.1, -0.05) is 264 Å². The fraction of sp³-hybridized carbons (Fsp3) is 0.947. The van der Waals surface area contributed by atoms with E-state index in [9.17, 15) is 19.5 Å². The molecule has 0 rings (SSSR count). The zero-order chi connectivity index (χ0) is 48.4. The number of ether oxygens (including phenoxy) is 4. The lowest BCUT2D eigenvalue weighted by molar-refractivity contribution is -0.870. The molecule has 392 valence electrons. The number of hydrogen-bond donors (Lipinski definition) is 1. The number of carboxylic acids is 1. The fourth-order valence-corrected chi connectivity index (χ4v) is 8.66. The molecule has 2 atom stereocenters. The number of esters is 2. The van der Waals surface area contributed by atoms with Gasteiger partial charge in [0.25, 0.3) is 6.29 Å². The summed E-state index contributed by atoms with van der Waals surface area (Å²) in [6.45, 7) is 4.95. The maximum Gasteiger partial charge on any atom is 0.361 e. The van der Waals surface area contributed by atoms with E-state index in [4.69, 9.17) is 18.9 Å². The molecule has 0 aromatic carbocycles. The van der Waals surface area contributed by atoms with Gasteiger partial charge in [-0.15, -0.1) is 0 Å². The van der Waals surface area contributed by atoms with Crippen LogP contribution in [0.4, 0.5) is 0 Å². The lowest BCUT2D eigenvalue weighted by Crippen LogP contribution is -2.40. The quantitative estimate of drug-likeness (QED) is 0.0278. The van der Waals surface area contributed by atoms with Crippen molar-refractivity contribution in [2.24, 2.45) is 0 Å². The average Bonchev–Trinajstić information content (AvgIpc) is 3.28. The number of carboxylic acid groups (broad SMARTS) is 1. The van der Waals surface area contributed by atoms with Crippen LogP contribution < -0.4 is 0 Å². The summed E-state index contributed by atoms with van der Waals surface area (Å²) >= 11 is 0. The molecule has 0 aromatic rings. The Bertz CT molecular complexity index is 1050. The number of hydrogen-bond acceptors (Lipinski definition) is 7. The Morgan fingerprint density at radius 3 is 0.970 bits per heavy atom. The van der Waals surface area contributed by atoms with E-state index in [2.05, 4.69) is 13.8 Å². The van der Waals surface area contributed by atoms with Gasteiger partial charge in [-0.3, -0.25) is 9.59 Å². The summed E-state index contributed by atoms with van der Waals surface area (Å²) in [6, 6.07) is 0. The molecule has 1 N–H and O–H groups in total. The number of carbonyl (C=O) groups is 3. The summed E-state index contributed by atoms with van der Waals surface area (Å²) in [5.41, 5.74) is 0. The first-order chi connectivity index (χ1) is 32.1. The molecule has 66 heavy (non-hydrogen) atoms. The number of likely N-dealkylation sites (N-methyl/N-ethyl adjacent to an activating group) is 1. The lowest BCUT2D eigenvalue weighted by Gasteiger charge is -2.25. The second-order valence-corrected chi connectivity index (χ2v) is 21.0. The van der Waals surface area contributed by atoms with E-state index in [1.54, 1.807) is 0 Å². The molecule has 0 spiro atoms. The number of unbranched alkanes of at least 4 members (excludes halogenated alkanes) is 39. The van der Waals surface area contributed by atoms with Crippen LogP contribution >= 0.6 is 0 Å². The lowest BCUT2D eigenvalue weighted by atomic mass is 10.0. The van der Waals surface area contributed by atoms with E-state index in [-0.39, 0.29) is 38.2 Å². The van der Waals surface area contributed by atoms with Gasteiger partial charge in [0.05, 0.1) is 34.4 Å². The normalized spacial score (nSPS) is 12.7. The Morgan fingerprint density at radius 1 is 0.394 bits per heavy atom. The van der Waals surface area contributed by atoms with Gasteiger partial charge in [-0.25, -0.2) is 4.79 Å². The van der Waals surface area contributed by atoms with Crippen molar-refractivity contribution in [3.05, 3.63) is 0 Å². The van der Waals surface area contributed by atoms with Gasteiger partial charge < -0.3 is 28.5 Å². The molecule has 0 amide bonds. The van der Waals surface area contributed by atoms with Gasteiger partial charge >= 0.3 is 17.9 Å². The van der Waals surface area contributed by atoms with Gasteiger partial charge in [-0.05, 0) is 12.8 Å². The molecule has 0 saturated carbocycles. The second-order valence-electron chi connectivity index (χ2n) is 21.0. The van der Waals surface area contributed by atoms with Crippen LogP contribution in [0.2, 0.25) is 0 Å². The highest BCUT2D eigenvalue weighted by molar-refractivity contribution is 5.71. The first-order valence-corrected chi connectivity index (χ1v) is 28.7. The van der Waals surface area contributed by atoms with Crippen LogP contribution in [0, 0.1) is 0 Å². The molecule has 0 radical (unpaired) electrons. The fourth-order valence-electron chi connectivity index (χ4n) is 8.66. The number of quaternary nitrogens is 1. The summed E-state index contributed by atoms with van der Waals surface area (Å²) < 4.78 is 22.9. The smallest absolute Gasteiger partial charge is 0.361 e. The molecule has 0 aromatic heterocycles. The molecule has 0 aliphatic rings. The van der Waals surface area contributed by atoms with Crippen molar-refractivity contribution >= 4 is 17.9 Å². The predicted octanol–water partition coefficient (Wildman–Crippen LogP) is 16.4. The van der Waals surface area contributed by atoms with Crippen LogP contribution in [0.5, 0.6) is 0 Å². The SMILES string of the molecule is CCCCCCCCCCCCCCCCCCCCCCCC(=O)OC(COC(=O)CCCCCCCCCCCCCCCCCCCCCC)COC(OCC[N+](C)(C)C)C(=O)O. The van der Waals surface area contributed by atoms with E-state index >= 15 is 0 Å². The van der Waals surface area contributed by atoms with Crippen LogP contribution in [0.15, 0.2) is 0 Å². The molecule has 0 bridgehead atoms. The monoisotopic (exact) mass is 939 g/mol. The maximum atomic E-state index is 12.9. The Kier molecular flexibility index (Phi) is 48.4. The van der Waals surface area contributed by atoms with E-state index < -0.39 is 18.4 Å². The highest BCUT2D eigenvalue weighted by Gasteiger charge is 2.25. The van der Waals surface area contributed by atoms with Crippen molar-refractivity contribution in [1.82, 2.24) is 0 Å². The maximum absolute atomic E-state index is 12.9. The van der Waals surface area contributed by atoms with Crippen molar-refractivity contribution in [3.63, 3.8) is 0 Å². The highest BCUT2D eigenvalue weighted by atomic mass is 16.7. The third-order valence-corrected chi connectivity index (χ3v) is 13.1. The molecule has 0 fully saturated rings. The highest BCUT2D eigenvalue weighted by Crippen LogP contribution is 2.18. The second kappa shape index (κ2) is 49.7. The number of nitrogens with zero attached hydrogens (tertiary/aromatic N) is 1. The van der Waals surface area contributed by atoms with Crippen molar-refractivity contribution in [2.75, 3.05) is 47.5 Å². The van der Waals surface area contributed by atoms with Gasteiger partial charge in [0.2, 0.25) is 0 Å². The summed E-state index contributed by atoms with van der Waals surface area (Å²) in [4.78, 5) is 37.4. The molecule has 9 nitrogen and oxygen atoms in total. The van der Waals surface area contributed by atoms with E-state index in [1.807, 2.05) is 21.1 Å². The van der Waals surface area contributed by atoms with Crippen molar-refractivity contribution in [3.8, 4) is 0 Å². The minimum Gasteiger partial charge on any atom is -0.477 e. The Labute approximate surface area is 409 Å². The largest absolute Gasteiger partial charge is 0.477 e. The third kappa shape index (κ3) is 50.2. The van der Waals surface area contributed by atoms with Gasteiger partial charge in [0.15, 0.2) is 6.10 Å². The topological polar surface area (TPSA) is 108 Å². The molecule has 0 aliphatic carbocycles. The minimum absolute atomic E-state index is 0.172. The summed E-state index contributed by atoms with van der Waals surface area (Å²) in [7, 11) is 5.98. The van der Waals surface area contributed by atoms with Crippen LogP contribution in [-0.4, -0.2) is 87.4 Å². The number of rotatable bonds is 54. The Balaban J connectivity index is 4.21. The van der Waals surface area contributed by atoms with Crippen LogP contribution in [0.1, 0.15) is 290 Å². The van der Waals surface area contributed by atoms with Crippen molar-refractivity contribution in [2.45, 2.75) is 302 Å². The number of aliphatic carboxylic acids is 1. The van der Waals surface area contributed by atoms with Gasteiger partial charge in [0, 0.05) is 12.8 Å². The predicted molar refractivity (Wildman–Crippen MR) is 277 cm³/mol. The summed E-state index contributed by atoms with van der Waals surface area (Å²) in [6.07, 6.45) is 51.7. The van der Waals surface area contributed by atoms with E-state index in [0.29, 0.717) is 17.4 Å². The standard InChI is InChI=1S/C57H111NO8/c1-6-8-10-12-14-16-18-20-22-24-26-28-30-32-34-36-38-40-42-44-46-48-55(60)66-53(52-65-57(56(61)62)63-50-49-58(3,4)5)51-64-54(59)47-45-43-41-39-37-35-33-31-29-27-25-23-21-19-17-15-13-11-9-7-2/h53,57H,6-52H2,1-5H3/p+1. The molecular formula is C57H112NO8+. The van der Waals surface area contributed by atoms with Crippen molar-refractivity contribution < 1.29 is 42.9 Å². The molecule has 0 saturated heterocycles. The molecule has 2 unspecified atom stereocenters. The average molecular weight is 940 g/mol. The Hall–Kier alpha value is -1.71. The van der Waals surface area contributed by atoms with E-state index in [0.717, 1.165) is 38.5 Å². The third-order valence-electron chi connectivity index (χ3n) is 13.1. The van der Waals surface area contributed by atoms with Crippen molar-refractivity contribution in [1.29, 1.82) is 0 Å². The molecule has 0 aliphatic heterocycles. The van der Waals surface area contributed by atoms with Crippen LogP contribution in [0.3, 0.4) is 0 Å². The van der Waals surface area contributed by atoms with Crippen LogP contribution in [-0.2, 0) is 33.3 Å². The minimum atomic E-state index is -1.50. The molecule has 0 heterocycles. The summed E-state index contributed by atoms with van der Waals surface area (Å²) in [5.74, 6) is -1.97. The zero-order valence-electron chi connectivity index (χ0n) is 44.6. The molecule has 9 heteroatoms. The van der Waals surface area contributed by atoms with E-state index in [1.165, 1.54) is 225 Å². The van der Waals surface area contributed by atoms with Gasteiger partial charge in [0.1, 0.15) is 13.2 Å². The Morgan fingerprint density at radius 2 is 0.682 bits per heavy atom. The summed E-state index contributed by atoms with van der Waals surface area (Å²) in [5, 5.41) is 9.69. The van der Waals surface area contributed by atoms with Gasteiger partial charge in [-0.2, -0.15) is 0 Å². The molecular weight excluding hydrogens is 827 g/mol. The zero-order valence-corrected chi connectivity index (χ0v) is 44.6.